The number of carboxylic acid groups (broad SMARTS) is 1. The van der Waals surface area contributed by atoms with Gasteiger partial charge in [0.05, 0.1) is 16.9 Å². The van der Waals surface area contributed by atoms with Crippen LogP contribution < -0.4 is 20.5 Å². The Hall–Kier alpha value is -4.38. The van der Waals surface area contributed by atoms with Gasteiger partial charge in [0.25, 0.3) is 5.91 Å². The molecule has 0 saturated heterocycles. The highest BCUT2D eigenvalue weighted by Crippen LogP contribution is 2.39. The third kappa shape index (κ3) is 4.53. The van der Waals surface area contributed by atoms with Gasteiger partial charge in [-0.2, -0.15) is 0 Å². The second-order valence-electron chi connectivity index (χ2n) is 7.75. The van der Waals surface area contributed by atoms with Gasteiger partial charge in [0.15, 0.2) is 11.5 Å². The normalized spacial score (nSPS) is 13.1. The minimum absolute atomic E-state index is 0.348. The fraction of sp³-hybridized carbons (Fsp3) is 0.167. The van der Waals surface area contributed by atoms with E-state index in [1.54, 1.807) is 31.2 Å². The van der Waals surface area contributed by atoms with Gasteiger partial charge in [0.1, 0.15) is 22.9 Å². The number of nitrogens with zero attached hydrogens (tertiary/aromatic N) is 2. The minimum Gasteiger partial charge on any atom is -0.486 e. The van der Waals surface area contributed by atoms with Crippen LogP contribution in [0.1, 0.15) is 22.2 Å². The average Bonchev–Trinajstić information content (AvgIpc) is 3.16. The number of hydrogen-bond acceptors (Lipinski definition) is 9. The lowest BCUT2D eigenvalue weighted by atomic mass is 10.1. The summed E-state index contributed by atoms with van der Waals surface area (Å²) in [5.41, 5.74) is 9.08. The van der Waals surface area contributed by atoms with E-state index in [9.17, 15) is 9.59 Å². The number of nitrogen functional groups attached to an aromatic ring is 1. The number of rotatable bonds is 6. The number of thiophene rings is 1. The van der Waals surface area contributed by atoms with Gasteiger partial charge in [-0.05, 0) is 31.2 Å². The monoisotopic (exact) mass is 492 g/mol. The van der Waals surface area contributed by atoms with Gasteiger partial charge in [-0.3, -0.25) is 4.79 Å². The largest absolute Gasteiger partial charge is 0.486 e. The summed E-state index contributed by atoms with van der Waals surface area (Å²) < 4.78 is 11.3. The molecule has 4 aromatic rings. The third-order valence-electron chi connectivity index (χ3n) is 5.31. The van der Waals surface area contributed by atoms with Crippen molar-refractivity contribution in [2.45, 2.75) is 6.92 Å². The van der Waals surface area contributed by atoms with E-state index in [0.29, 0.717) is 62.5 Å². The molecule has 0 bridgehead atoms. The Morgan fingerprint density at radius 1 is 1.20 bits per heavy atom. The summed E-state index contributed by atoms with van der Waals surface area (Å²) in [7, 11) is 0. The number of oxime groups is 1. The van der Waals surface area contributed by atoms with Crippen LogP contribution in [0.2, 0.25) is 0 Å². The summed E-state index contributed by atoms with van der Waals surface area (Å²) in [4.78, 5) is 34.1. The molecule has 0 atom stereocenters. The second kappa shape index (κ2) is 9.11. The van der Waals surface area contributed by atoms with E-state index in [1.807, 2.05) is 18.2 Å². The van der Waals surface area contributed by atoms with Crippen LogP contribution in [0.5, 0.6) is 11.5 Å². The number of hydrogen-bond donors (Lipinski definition) is 3. The molecule has 0 unspecified atom stereocenters. The topological polar surface area (TPSA) is 145 Å². The zero-order valence-electron chi connectivity index (χ0n) is 18.5. The molecular weight excluding hydrogens is 472 g/mol. The SMILES string of the molecule is CC(=NOCC(=O)O)c1cccc(NC(=O)c2sc3nc4cc5c(cc4cc3c2N)OCCO5)c1. The van der Waals surface area contributed by atoms with Crippen LogP contribution in [0.4, 0.5) is 11.4 Å². The molecule has 1 amide bonds. The van der Waals surface area contributed by atoms with Crippen molar-refractivity contribution in [1.82, 2.24) is 4.98 Å². The number of fused-ring (bicyclic) bond motifs is 3. The highest BCUT2D eigenvalue weighted by atomic mass is 32.1. The summed E-state index contributed by atoms with van der Waals surface area (Å²) in [6, 6.07) is 12.5. The standard InChI is InChI=1S/C24H20N4O6S/c1-12(28-34-11-20(29)30)13-3-2-4-15(7-13)26-23(31)22-21(25)16-8-14-9-18-19(33-6-5-32-18)10-17(14)27-24(16)35-22/h2-4,7-10H,5-6,11,25H2,1H3,(H,26,31)(H,29,30). The van der Waals surface area contributed by atoms with Gasteiger partial charge in [-0.1, -0.05) is 17.3 Å². The van der Waals surface area contributed by atoms with E-state index in [1.165, 1.54) is 11.3 Å². The maximum absolute atomic E-state index is 13.1. The highest BCUT2D eigenvalue weighted by Gasteiger charge is 2.20. The molecule has 3 heterocycles. The highest BCUT2D eigenvalue weighted by molar-refractivity contribution is 7.21. The Bertz CT molecular complexity index is 1510. The molecule has 35 heavy (non-hydrogen) atoms. The van der Waals surface area contributed by atoms with Crippen LogP contribution in [0.25, 0.3) is 21.1 Å². The summed E-state index contributed by atoms with van der Waals surface area (Å²) in [5, 5.41) is 16.8. The Kier molecular flexibility index (Phi) is 5.83. The van der Waals surface area contributed by atoms with E-state index in [-0.39, 0.29) is 5.91 Å². The van der Waals surface area contributed by atoms with Gasteiger partial charge in [0.2, 0.25) is 6.61 Å². The van der Waals surface area contributed by atoms with Gasteiger partial charge < -0.3 is 30.5 Å². The molecular formula is C24H20N4O6S. The number of carbonyl (C=O) groups is 2. The lowest BCUT2D eigenvalue weighted by Gasteiger charge is -2.18. The predicted molar refractivity (Wildman–Crippen MR) is 133 cm³/mol. The van der Waals surface area contributed by atoms with Crippen LogP contribution in [0.3, 0.4) is 0 Å². The number of benzene rings is 2. The van der Waals surface area contributed by atoms with Crippen molar-refractivity contribution in [3.05, 3.63) is 52.9 Å². The fourth-order valence-corrected chi connectivity index (χ4v) is 4.63. The van der Waals surface area contributed by atoms with Crippen LogP contribution in [-0.2, 0) is 9.63 Å². The number of amides is 1. The molecule has 5 rings (SSSR count). The van der Waals surface area contributed by atoms with Crippen LogP contribution >= 0.6 is 11.3 Å². The zero-order chi connectivity index (χ0) is 24.5. The number of nitrogens with one attached hydrogen (secondary N) is 1. The summed E-state index contributed by atoms with van der Waals surface area (Å²) >= 11 is 1.21. The van der Waals surface area contributed by atoms with Crippen molar-refractivity contribution >= 4 is 61.4 Å². The summed E-state index contributed by atoms with van der Waals surface area (Å²) in [6.45, 7) is 2.11. The molecule has 0 saturated carbocycles. The number of nitrogens with two attached hydrogens (primary N) is 1. The number of aliphatic carboxylic acids is 1. The maximum Gasteiger partial charge on any atom is 0.344 e. The second-order valence-corrected chi connectivity index (χ2v) is 8.75. The third-order valence-corrected chi connectivity index (χ3v) is 6.43. The molecule has 0 fully saturated rings. The van der Waals surface area contributed by atoms with E-state index < -0.39 is 12.6 Å². The first-order valence-corrected chi connectivity index (χ1v) is 11.4. The van der Waals surface area contributed by atoms with Crippen LogP contribution in [0.15, 0.2) is 47.6 Å². The van der Waals surface area contributed by atoms with Crippen molar-refractivity contribution in [2.75, 3.05) is 30.9 Å². The minimum atomic E-state index is -1.12. The van der Waals surface area contributed by atoms with E-state index >= 15 is 0 Å². The number of pyridine rings is 1. The van der Waals surface area contributed by atoms with Crippen molar-refractivity contribution in [3.63, 3.8) is 0 Å². The van der Waals surface area contributed by atoms with Gasteiger partial charge in [-0.15, -0.1) is 11.3 Å². The van der Waals surface area contributed by atoms with Crippen molar-refractivity contribution in [2.24, 2.45) is 5.16 Å². The molecule has 0 aliphatic carbocycles. The number of ether oxygens (including phenoxy) is 2. The van der Waals surface area contributed by atoms with E-state index in [0.717, 1.165) is 10.9 Å². The molecule has 10 nitrogen and oxygen atoms in total. The summed E-state index contributed by atoms with van der Waals surface area (Å²) in [5.74, 6) is -0.185. The molecule has 0 radical (unpaired) electrons. The molecule has 2 aromatic heterocycles. The zero-order valence-corrected chi connectivity index (χ0v) is 19.3. The van der Waals surface area contributed by atoms with Crippen LogP contribution in [0, 0.1) is 0 Å². The first-order chi connectivity index (χ1) is 16.9. The van der Waals surface area contributed by atoms with E-state index in [2.05, 4.69) is 15.5 Å². The summed E-state index contributed by atoms with van der Waals surface area (Å²) in [6.07, 6.45) is 0. The Balaban J connectivity index is 1.41. The first kappa shape index (κ1) is 22.4. The first-order valence-electron chi connectivity index (χ1n) is 10.6. The fourth-order valence-electron chi connectivity index (χ4n) is 3.65. The van der Waals surface area contributed by atoms with Gasteiger partial charge in [0, 0.05) is 28.1 Å². The Labute approximate surface area is 202 Å². The van der Waals surface area contributed by atoms with Crippen molar-refractivity contribution < 1.29 is 29.0 Å². The van der Waals surface area contributed by atoms with Crippen molar-refractivity contribution in [1.29, 1.82) is 0 Å². The average molecular weight is 493 g/mol. The quantitative estimate of drug-likeness (QED) is 0.272. The van der Waals surface area contributed by atoms with Crippen molar-refractivity contribution in [3.8, 4) is 11.5 Å². The Morgan fingerprint density at radius 3 is 2.74 bits per heavy atom. The number of aromatic nitrogens is 1. The van der Waals surface area contributed by atoms with Gasteiger partial charge >= 0.3 is 5.97 Å². The molecule has 1 aliphatic heterocycles. The lowest BCUT2D eigenvalue weighted by Crippen LogP contribution is -2.15. The number of anilines is 2. The predicted octanol–water partition coefficient (Wildman–Crippen LogP) is 3.88. The molecule has 2 aromatic carbocycles. The maximum atomic E-state index is 13.1. The number of carbonyl (C=O) groups excluding carboxylic acids is 1. The molecule has 11 heteroatoms. The molecule has 178 valence electrons. The molecule has 1 aliphatic rings. The number of carboxylic acids is 1. The van der Waals surface area contributed by atoms with E-state index in [4.69, 9.17) is 25.2 Å². The van der Waals surface area contributed by atoms with Gasteiger partial charge in [-0.25, -0.2) is 9.78 Å². The molecule has 0 spiro atoms. The van der Waals surface area contributed by atoms with Crippen LogP contribution in [-0.4, -0.2) is 47.5 Å². The Morgan fingerprint density at radius 2 is 1.97 bits per heavy atom. The smallest absolute Gasteiger partial charge is 0.344 e. The lowest BCUT2D eigenvalue weighted by molar-refractivity contribution is -0.142. The molecule has 4 N–H and O–H groups in total.